The molecule has 31 heavy (non-hydrogen) atoms. The van der Waals surface area contributed by atoms with Gasteiger partial charge in [0, 0.05) is 51.8 Å². The van der Waals surface area contributed by atoms with Crippen molar-refractivity contribution in [3.8, 4) is 0 Å². The summed E-state index contributed by atoms with van der Waals surface area (Å²) in [4.78, 5) is 39.1. The minimum absolute atomic E-state index is 0.158. The van der Waals surface area contributed by atoms with Crippen LogP contribution < -0.4 is 0 Å². The highest BCUT2D eigenvalue weighted by Gasteiger charge is 2.41. The van der Waals surface area contributed by atoms with Crippen LogP contribution in [0.3, 0.4) is 0 Å². The van der Waals surface area contributed by atoms with Crippen LogP contribution in [0.2, 0.25) is 0 Å². The van der Waals surface area contributed by atoms with Gasteiger partial charge in [0.25, 0.3) is 0 Å². The van der Waals surface area contributed by atoms with Crippen molar-refractivity contribution in [1.82, 2.24) is 24.3 Å². The summed E-state index contributed by atoms with van der Waals surface area (Å²) in [5.74, 6) is 1.65. The minimum Gasteiger partial charge on any atom is -0.342 e. The zero-order chi connectivity index (χ0) is 21.4. The second-order valence-electron chi connectivity index (χ2n) is 9.67. The van der Waals surface area contributed by atoms with E-state index in [0.717, 1.165) is 55.8 Å². The Kier molecular flexibility index (Phi) is 5.67. The van der Waals surface area contributed by atoms with E-state index in [4.69, 9.17) is 4.98 Å². The van der Waals surface area contributed by atoms with Gasteiger partial charge in [-0.05, 0) is 37.3 Å². The first-order valence-electron chi connectivity index (χ1n) is 11.9. The molecule has 0 unspecified atom stereocenters. The van der Waals surface area contributed by atoms with Crippen LogP contribution in [0.1, 0.15) is 57.2 Å². The first-order chi connectivity index (χ1) is 15.1. The molecule has 2 aliphatic heterocycles. The molecule has 3 fully saturated rings. The van der Waals surface area contributed by atoms with E-state index in [1.807, 2.05) is 29.0 Å². The van der Waals surface area contributed by atoms with E-state index in [1.165, 1.54) is 25.7 Å². The smallest absolute Gasteiger partial charge is 0.228 e. The van der Waals surface area contributed by atoms with Gasteiger partial charge in [0.15, 0.2) is 5.65 Å². The Labute approximate surface area is 183 Å². The molecule has 5 rings (SSSR count). The molecule has 7 nitrogen and oxygen atoms in total. The monoisotopic (exact) mass is 423 g/mol. The van der Waals surface area contributed by atoms with Gasteiger partial charge in [-0.15, -0.1) is 0 Å². The number of amides is 2. The Morgan fingerprint density at radius 1 is 1.13 bits per heavy atom. The van der Waals surface area contributed by atoms with E-state index in [-0.39, 0.29) is 17.7 Å². The highest BCUT2D eigenvalue weighted by molar-refractivity contribution is 5.89. The van der Waals surface area contributed by atoms with Crippen LogP contribution in [0, 0.1) is 11.8 Å². The summed E-state index contributed by atoms with van der Waals surface area (Å²) in [7, 11) is 2.02. The number of nitrogens with zero attached hydrogens (tertiary/aromatic N) is 5. The molecule has 0 aromatic carbocycles. The lowest BCUT2D eigenvalue weighted by Crippen LogP contribution is -2.39. The van der Waals surface area contributed by atoms with Gasteiger partial charge in [-0.25, -0.2) is 9.97 Å². The average Bonchev–Trinajstić information content (AvgIpc) is 3.41. The van der Waals surface area contributed by atoms with E-state index in [2.05, 4.69) is 9.55 Å². The van der Waals surface area contributed by atoms with Crippen molar-refractivity contribution in [1.29, 1.82) is 0 Å². The van der Waals surface area contributed by atoms with Crippen molar-refractivity contribution in [2.75, 3.05) is 19.6 Å². The van der Waals surface area contributed by atoms with Crippen LogP contribution in [0.15, 0.2) is 18.3 Å². The third kappa shape index (κ3) is 4.06. The van der Waals surface area contributed by atoms with Gasteiger partial charge in [0.1, 0.15) is 11.3 Å². The largest absolute Gasteiger partial charge is 0.342 e. The van der Waals surface area contributed by atoms with E-state index < -0.39 is 0 Å². The number of pyridine rings is 1. The maximum Gasteiger partial charge on any atom is 0.228 e. The van der Waals surface area contributed by atoms with E-state index >= 15 is 0 Å². The SMILES string of the molecule is Cn1c(C[C@@H]2CCN(C(=O)[C@H]3CC(=O)N(C4CCCCCC4)C3)C2)nc2cccnc21. The number of hydrogen-bond donors (Lipinski definition) is 0. The number of likely N-dealkylation sites (tertiary alicyclic amines) is 2. The predicted octanol–water partition coefficient (Wildman–Crippen LogP) is 2.93. The van der Waals surface area contributed by atoms with Crippen molar-refractivity contribution < 1.29 is 9.59 Å². The van der Waals surface area contributed by atoms with E-state index in [1.54, 1.807) is 6.20 Å². The van der Waals surface area contributed by atoms with Gasteiger partial charge in [0.05, 0.1) is 5.92 Å². The molecule has 0 bridgehead atoms. The fraction of sp³-hybridized carbons (Fsp3) is 0.667. The molecule has 166 valence electrons. The van der Waals surface area contributed by atoms with Crippen LogP contribution >= 0.6 is 0 Å². The van der Waals surface area contributed by atoms with Crippen LogP contribution in [-0.4, -0.2) is 61.8 Å². The van der Waals surface area contributed by atoms with Crippen molar-refractivity contribution in [3.05, 3.63) is 24.2 Å². The molecule has 2 aromatic rings. The third-order valence-electron chi connectivity index (χ3n) is 7.56. The van der Waals surface area contributed by atoms with Crippen molar-refractivity contribution in [2.24, 2.45) is 18.9 Å². The first-order valence-corrected chi connectivity index (χ1v) is 11.9. The number of hydrogen-bond acceptors (Lipinski definition) is 4. The summed E-state index contributed by atoms with van der Waals surface area (Å²) in [6.45, 7) is 2.18. The van der Waals surface area contributed by atoms with Crippen LogP contribution in [0.5, 0.6) is 0 Å². The quantitative estimate of drug-likeness (QED) is 0.709. The standard InChI is InChI=1S/C24H33N5O2/c1-27-21(26-20-9-6-11-25-23(20)27)13-17-10-12-28(15-17)24(31)18-14-22(30)29(16-18)19-7-4-2-3-5-8-19/h6,9,11,17-19H,2-5,7-8,10,12-16H2,1H3/t17-,18-/m0/s1. The molecule has 2 atom stereocenters. The molecule has 2 amide bonds. The lowest BCUT2D eigenvalue weighted by Gasteiger charge is -2.27. The van der Waals surface area contributed by atoms with Crippen LogP contribution in [0.4, 0.5) is 0 Å². The van der Waals surface area contributed by atoms with Crippen molar-refractivity contribution in [2.45, 2.75) is 63.8 Å². The number of carbonyl (C=O) groups is 2. The molecule has 1 saturated carbocycles. The summed E-state index contributed by atoms with van der Waals surface area (Å²) in [6.07, 6.45) is 11.2. The van der Waals surface area contributed by atoms with Gasteiger partial charge in [-0.1, -0.05) is 25.7 Å². The number of carbonyl (C=O) groups excluding carboxylic acids is 2. The lowest BCUT2D eigenvalue weighted by molar-refractivity contribution is -0.135. The number of fused-ring (bicyclic) bond motifs is 1. The predicted molar refractivity (Wildman–Crippen MR) is 118 cm³/mol. The number of rotatable bonds is 4. The van der Waals surface area contributed by atoms with E-state index in [0.29, 0.717) is 24.9 Å². The highest BCUT2D eigenvalue weighted by Crippen LogP contribution is 2.30. The molecule has 1 aliphatic carbocycles. The number of aromatic nitrogens is 3. The minimum atomic E-state index is -0.158. The molecular weight excluding hydrogens is 390 g/mol. The maximum atomic E-state index is 13.2. The first kappa shape index (κ1) is 20.5. The summed E-state index contributed by atoms with van der Waals surface area (Å²) in [5, 5.41) is 0. The van der Waals surface area contributed by atoms with Gasteiger partial charge in [-0.2, -0.15) is 0 Å². The Bertz CT molecular complexity index is 962. The fourth-order valence-corrected chi connectivity index (χ4v) is 5.79. The average molecular weight is 424 g/mol. The van der Waals surface area contributed by atoms with Gasteiger partial charge < -0.3 is 14.4 Å². The second-order valence-corrected chi connectivity index (χ2v) is 9.67. The van der Waals surface area contributed by atoms with Crippen molar-refractivity contribution in [3.63, 3.8) is 0 Å². The Hall–Kier alpha value is -2.44. The highest BCUT2D eigenvalue weighted by atomic mass is 16.2. The topological polar surface area (TPSA) is 71.3 Å². The molecule has 7 heteroatoms. The molecule has 0 spiro atoms. The molecule has 2 saturated heterocycles. The summed E-state index contributed by atoms with van der Waals surface area (Å²) in [5.41, 5.74) is 1.83. The summed E-state index contributed by atoms with van der Waals surface area (Å²) < 4.78 is 2.07. The van der Waals surface area contributed by atoms with Crippen molar-refractivity contribution >= 4 is 23.0 Å². The molecule has 0 radical (unpaired) electrons. The second kappa shape index (κ2) is 8.60. The molecule has 3 aliphatic rings. The number of aryl methyl sites for hydroxylation is 1. The summed E-state index contributed by atoms with van der Waals surface area (Å²) >= 11 is 0. The maximum absolute atomic E-state index is 13.2. The number of imidazole rings is 1. The molecular formula is C24H33N5O2. The molecule has 0 N–H and O–H groups in total. The zero-order valence-electron chi connectivity index (χ0n) is 18.5. The summed E-state index contributed by atoms with van der Waals surface area (Å²) in [6, 6.07) is 4.26. The van der Waals surface area contributed by atoms with Crippen LogP contribution in [0.25, 0.3) is 11.2 Å². The van der Waals surface area contributed by atoms with Gasteiger partial charge in [0.2, 0.25) is 11.8 Å². The van der Waals surface area contributed by atoms with Gasteiger partial charge in [-0.3, -0.25) is 9.59 Å². The normalized spacial score (nSPS) is 25.5. The Morgan fingerprint density at radius 2 is 1.94 bits per heavy atom. The zero-order valence-corrected chi connectivity index (χ0v) is 18.5. The molecule has 2 aromatic heterocycles. The fourth-order valence-electron chi connectivity index (χ4n) is 5.79. The van der Waals surface area contributed by atoms with E-state index in [9.17, 15) is 9.59 Å². The molecule has 4 heterocycles. The lowest BCUT2D eigenvalue weighted by atomic mass is 10.0. The van der Waals surface area contributed by atoms with Gasteiger partial charge >= 0.3 is 0 Å². The Balaban J connectivity index is 1.19. The third-order valence-corrected chi connectivity index (χ3v) is 7.56. The van der Waals surface area contributed by atoms with Crippen LogP contribution in [-0.2, 0) is 23.1 Å². The Morgan fingerprint density at radius 3 is 2.71 bits per heavy atom.